The summed E-state index contributed by atoms with van der Waals surface area (Å²) in [6.45, 7) is -0.475. The Balaban J connectivity index is 2.24. The minimum absolute atomic E-state index is 0.0369. The summed E-state index contributed by atoms with van der Waals surface area (Å²) in [4.78, 5) is 21.6. The molecule has 2 N–H and O–H groups in total. The number of halogens is 3. The molecule has 1 aliphatic rings. The van der Waals surface area contributed by atoms with E-state index in [4.69, 9.17) is 0 Å². The summed E-state index contributed by atoms with van der Waals surface area (Å²) in [5.41, 5.74) is 0.659. The first-order valence-electron chi connectivity index (χ1n) is 6.18. The summed E-state index contributed by atoms with van der Waals surface area (Å²) in [7, 11) is 0. The van der Waals surface area contributed by atoms with Gasteiger partial charge in [0.2, 0.25) is 5.91 Å². The van der Waals surface area contributed by atoms with Crippen LogP contribution in [0.5, 0.6) is 0 Å². The average molecular weight is 303 g/mol. The Bertz CT molecular complexity index is 587. The second-order valence-corrected chi connectivity index (χ2v) is 4.62. The highest BCUT2D eigenvalue weighted by Gasteiger charge is 2.27. The van der Waals surface area contributed by atoms with E-state index in [0.717, 1.165) is 0 Å². The number of nitro groups is 1. The van der Waals surface area contributed by atoms with Crippen LogP contribution in [0, 0.1) is 10.1 Å². The molecule has 0 fully saturated rings. The maximum absolute atomic E-state index is 12.1. The lowest BCUT2D eigenvalue weighted by Crippen LogP contribution is -2.20. The van der Waals surface area contributed by atoms with Crippen LogP contribution in [0.15, 0.2) is 12.1 Å². The fourth-order valence-corrected chi connectivity index (χ4v) is 2.05. The van der Waals surface area contributed by atoms with Gasteiger partial charge in [0, 0.05) is 24.7 Å². The molecule has 0 atom stereocenters. The van der Waals surface area contributed by atoms with Gasteiger partial charge in [-0.15, -0.1) is 0 Å². The van der Waals surface area contributed by atoms with Gasteiger partial charge in [-0.3, -0.25) is 14.9 Å². The Kier molecular flexibility index (Phi) is 4.01. The van der Waals surface area contributed by atoms with Crippen LogP contribution in [0.2, 0.25) is 0 Å². The third kappa shape index (κ3) is 3.83. The fraction of sp³-hybridized carbons (Fsp3) is 0.417. The predicted octanol–water partition coefficient (Wildman–Crippen LogP) is 2.84. The topological polar surface area (TPSA) is 84.3 Å². The van der Waals surface area contributed by atoms with Crippen molar-refractivity contribution >= 4 is 23.0 Å². The molecule has 0 spiro atoms. The number of nitrogens with zero attached hydrogens (tertiary/aromatic N) is 1. The first-order valence-corrected chi connectivity index (χ1v) is 6.18. The number of alkyl halides is 3. The normalized spacial score (nSPS) is 14.3. The van der Waals surface area contributed by atoms with E-state index in [1.54, 1.807) is 0 Å². The highest BCUT2D eigenvalue weighted by Crippen LogP contribution is 2.34. The molecule has 0 unspecified atom stereocenters. The maximum atomic E-state index is 12.1. The quantitative estimate of drug-likeness (QED) is 0.661. The molecular weight excluding hydrogens is 291 g/mol. The van der Waals surface area contributed by atoms with E-state index < -0.39 is 24.1 Å². The summed E-state index contributed by atoms with van der Waals surface area (Å²) < 4.78 is 36.3. The molecule has 21 heavy (non-hydrogen) atoms. The monoisotopic (exact) mass is 303 g/mol. The van der Waals surface area contributed by atoms with Crippen molar-refractivity contribution in [2.75, 3.05) is 17.2 Å². The van der Waals surface area contributed by atoms with Crippen molar-refractivity contribution in [2.24, 2.45) is 0 Å². The number of rotatable bonds is 4. The molecule has 1 aromatic carbocycles. The minimum atomic E-state index is -4.34. The lowest BCUT2D eigenvalue weighted by Gasteiger charge is -2.18. The second kappa shape index (κ2) is 5.58. The number of anilines is 2. The average Bonchev–Trinajstić information content (AvgIpc) is 2.36. The zero-order valence-electron chi connectivity index (χ0n) is 10.8. The largest absolute Gasteiger partial charge is 0.390 e. The van der Waals surface area contributed by atoms with Gasteiger partial charge in [-0.05, 0) is 18.1 Å². The third-order valence-corrected chi connectivity index (χ3v) is 3.04. The molecule has 0 saturated heterocycles. The van der Waals surface area contributed by atoms with Crippen LogP contribution in [0.25, 0.3) is 0 Å². The Labute approximate surface area is 117 Å². The van der Waals surface area contributed by atoms with Gasteiger partial charge in [-0.25, -0.2) is 0 Å². The van der Waals surface area contributed by atoms with Crippen molar-refractivity contribution in [3.63, 3.8) is 0 Å². The van der Waals surface area contributed by atoms with Gasteiger partial charge in [0.1, 0.15) is 5.69 Å². The number of aryl methyl sites for hydroxylation is 1. The van der Waals surface area contributed by atoms with Gasteiger partial charge in [0.05, 0.1) is 11.3 Å². The van der Waals surface area contributed by atoms with Crippen LogP contribution in [-0.2, 0) is 11.2 Å². The molecule has 1 aromatic rings. The number of nitro benzene ring substituents is 1. The summed E-state index contributed by atoms with van der Waals surface area (Å²) >= 11 is 0. The number of hydrogen-bond donors (Lipinski definition) is 2. The summed E-state index contributed by atoms with van der Waals surface area (Å²) in [6, 6.07) is 2.59. The number of hydrogen-bond acceptors (Lipinski definition) is 4. The third-order valence-electron chi connectivity index (χ3n) is 3.04. The molecule has 114 valence electrons. The zero-order chi connectivity index (χ0) is 15.6. The number of carbonyl (C=O) groups is 1. The fourth-order valence-electron chi connectivity index (χ4n) is 2.05. The maximum Gasteiger partial charge on any atom is 0.390 e. The molecule has 0 aliphatic carbocycles. The van der Waals surface area contributed by atoms with Crippen LogP contribution in [0.1, 0.15) is 18.4 Å². The molecule has 1 aliphatic heterocycles. The van der Waals surface area contributed by atoms with E-state index in [1.807, 2.05) is 0 Å². The zero-order valence-corrected chi connectivity index (χ0v) is 10.8. The van der Waals surface area contributed by atoms with Gasteiger partial charge < -0.3 is 10.6 Å². The van der Waals surface area contributed by atoms with Crippen molar-refractivity contribution < 1.29 is 22.9 Å². The van der Waals surface area contributed by atoms with Crippen LogP contribution >= 0.6 is 0 Å². The molecule has 1 amide bonds. The smallest absolute Gasteiger partial charge is 0.379 e. The number of benzene rings is 1. The Morgan fingerprint density at radius 2 is 2.05 bits per heavy atom. The van der Waals surface area contributed by atoms with Crippen LogP contribution in [0.3, 0.4) is 0 Å². The van der Waals surface area contributed by atoms with Gasteiger partial charge in [0.15, 0.2) is 0 Å². The molecule has 0 bridgehead atoms. The summed E-state index contributed by atoms with van der Waals surface area (Å²) in [6.07, 6.45) is -4.85. The second-order valence-electron chi connectivity index (χ2n) is 4.62. The SMILES string of the molecule is O=C1CCc2cc([N+](=O)[O-])c(NCCC(F)(F)F)cc2N1. The van der Waals surface area contributed by atoms with E-state index >= 15 is 0 Å². The minimum Gasteiger partial charge on any atom is -0.379 e. The van der Waals surface area contributed by atoms with Gasteiger partial charge >= 0.3 is 6.18 Å². The Morgan fingerprint density at radius 3 is 2.67 bits per heavy atom. The highest BCUT2D eigenvalue weighted by molar-refractivity contribution is 5.95. The number of nitrogens with one attached hydrogen (secondary N) is 2. The van der Waals surface area contributed by atoms with Crippen molar-refractivity contribution in [1.29, 1.82) is 0 Å². The predicted molar refractivity (Wildman–Crippen MR) is 69.2 cm³/mol. The van der Waals surface area contributed by atoms with E-state index in [1.165, 1.54) is 12.1 Å². The van der Waals surface area contributed by atoms with Crippen LogP contribution in [0.4, 0.5) is 30.2 Å². The molecule has 6 nitrogen and oxygen atoms in total. The van der Waals surface area contributed by atoms with Crippen molar-refractivity contribution in [3.8, 4) is 0 Å². The van der Waals surface area contributed by atoms with Crippen molar-refractivity contribution in [3.05, 3.63) is 27.8 Å². The molecule has 9 heteroatoms. The Hall–Kier alpha value is -2.32. The molecule has 0 radical (unpaired) electrons. The van der Waals surface area contributed by atoms with Crippen LogP contribution < -0.4 is 10.6 Å². The summed E-state index contributed by atoms with van der Waals surface area (Å²) in [5.74, 6) is -0.224. The number of fused-ring (bicyclic) bond motifs is 1. The molecule has 0 saturated carbocycles. The lowest BCUT2D eigenvalue weighted by atomic mass is 10.0. The first-order chi connectivity index (χ1) is 9.76. The highest BCUT2D eigenvalue weighted by atomic mass is 19.4. The molecule has 0 aromatic heterocycles. The molecule has 1 heterocycles. The number of amides is 1. The molecular formula is C12H12F3N3O3. The van der Waals surface area contributed by atoms with E-state index in [2.05, 4.69) is 10.6 Å². The van der Waals surface area contributed by atoms with Crippen molar-refractivity contribution in [1.82, 2.24) is 0 Å². The van der Waals surface area contributed by atoms with Gasteiger partial charge in [-0.1, -0.05) is 0 Å². The van der Waals surface area contributed by atoms with Crippen LogP contribution in [-0.4, -0.2) is 23.6 Å². The standard InChI is InChI=1S/C12H12F3N3O3/c13-12(14,15)3-4-16-9-6-8-7(1-2-11(19)17-8)5-10(9)18(20)21/h5-6,16H,1-4H2,(H,17,19). The first kappa shape index (κ1) is 15.1. The lowest BCUT2D eigenvalue weighted by molar-refractivity contribution is -0.384. The van der Waals surface area contributed by atoms with E-state index in [0.29, 0.717) is 17.7 Å². The van der Waals surface area contributed by atoms with E-state index in [9.17, 15) is 28.1 Å². The van der Waals surface area contributed by atoms with Gasteiger partial charge in [0.25, 0.3) is 5.69 Å². The summed E-state index contributed by atoms with van der Waals surface area (Å²) in [5, 5.41) is 15.9. The van der Waals surface area contributed by atoms with Crippen molar-refractivity contribution in [2.45, 2.75) is 25.4 Å². The number of carbonyl (C=O) groups excluding carboxylic acids is 1. The Morgan fingerprint density at radius 1 is 1.33 bits per heavy atom. The molecule has 2 rings (SSSR count). The van der Waals surface area contributed by atoms with Gasteiger partial charge in [-0.2, -0.15) is 13.2 Å². The van der Waals surface area contributed by atoms with E-state index in [-0.39, 0.29) is 23.7 Å².